The van der Waals surface area contributed by atoms with Crippen molar-refractivity contribution in [2.45, 2.75) is 31.5 Å². The predicted molar refractivity (Wildman–Crippen MR) is 105 cm³/mol. The maximum absolute atomic E-state index is 13.3. The van der Waals surface area contributed by atoms with Crippen molar-refractivity contribution in [1.82, 2.24) is 5.32 Å². The summed E-state index contributed by atoms with van der Waals surface area (Å²) in [5.74, 6) is -3.17. The Morgan fingerprint density at radius 3 is 2.50 bits per heavy atom. The first-order valence-electron chi connectivity index (χ1n) is 9.83. The number of carbonyl (C=O) groups is 1. The van der Waals surface area contributed by atoms with Crippen LogP contribution in [0.3, 0.4) is 0 Å². The van der Waals surface area contributed by atoms with Gasteiger partial charge in [0, 0.05) is 23.5 Å². The van der Waals surface area contributed by atoms with Crippen LogP contribution in [0.5, 0.6) is 11.5 Å². The second kappa shape index (κ2) is 8.65. The fourth-order valence-electron chi connectivity index (χ4n) is 3.75. The molecule has 34 heavy (non-hydrogen) atoms. The number of carbonyl (C=O) groups excluding carboxylic acids is 1. The van der Waals surface area contributed by atoms with Gasteiger partial charge in [-0.15, -0.1) is 13.2 Å². The predicted octanol–water partition coefficient (Wildman–Crippen LogP) is 5.26. The monoisotopic (exact) mass is 488 g/mol. The van der Waals surface area contributed by atoms with Crippen molar-refractivity contribution >= 4 is 11.7 Å². The average molecular weight is 488 g/mol. The summed E-state index contributed by atoms with van der Waals surface area (Å²) in [5, 5.41) is 2.60. The van der Waals surface area contributed by atoms with Gasteiger partial charge < -0.3 is 14.8 Å². The summed E-state index contributed by atoms with van der Waals surface area (Å²) in [6.07, 6.45) is -8.32. The summed E-state index contributed by atoms with van der Waals surface area (Å²) in [6.45, 7) is -0.403. The Labute approximate surface area is 187 Å². The largest absolute Gasteiger partial charge is 0.573 e. The van der Waals surface area contributed by atoms with Crippen LogP contribution in [0.1, 0.15) is 29.0 Å². The smallest absolute Gasteiger partial charge is 0.488 e. The Hall–Kier alpha value is -3.57. The zero-order valence-corrected chi connectivity index (χ0v) is 17.1. The van der Waals surface area contributed by atoms with E-state index in [4.69, 9.17) is 4.74 Å². The highest BCUT2D eigenvalue weighted by molar-refractivity contribution is 6.12. The van der Waals surface area contributed by atoms with Gasteiger partial charge in [-0.2, -0.15) is 13.2 Å². The van der Waals surface area contributed by atoms with Crippen LogP contribution in [0.25, 0.3) is 0 Å². The molecule has 1 unspecified atom stereocenters. The van der Waals surface area contributed by atoms with E-state index in [1.54, 1.807) is 6.08 Å². The summed E-state index contributed by atoms with van der Waals surface area (Å²) >= 11 is 0. The number of aliphatic imine (C=N–C) groups is 1. The summed E-state index contributed by atoms with van der Waals surface area (Å²) in [5.41, 5.74) is -0.622. The molecule has 0 aliphatic carbocycles. The maximum Gasteiger partial charge on any atom is 0.573 e. The van der Waals surface area contributed by atoms with Gasteiger partial charge in [0.05, 0.1) is 6.54 Å². The molecule has 12 heteroatoms. The number of hydrogen-bond donors (Lipinski definition) is 1. The van der Waals surface area contributed by atoms with Gasteiger partial charge in [-0.3, -0.25) is 9.79 Å². The standard InChI is InChI=1S/C22H15F7N2O3/c23-13-3-4-17(16(8-13)21(24,25)26)33-10-12-2-1-11(7-18(12)34-22(27,28)29)15-9-19(32)31-20-14(15)5-6-30-20/h1-5,7-8,15H,6,9-10H2,(H,30,31,32). The summed E-state index contributed by atoms with van der Waals surface area (Å²) < 4.78 is 101. The van der Waals surface area contributed by atoms with E-state index in [2.05, 4.69) is 15.0 Å². The van der Waals surface area contributed by atoms with Gasteiger partial charge in [-0.05, 0) is 29.8 Å². The highest BCUT2D eigenvalue weighted by Gasteiger charge is 2.36. The van der Waals surface area contributed by atoms with E-state index in [9.17, 15) is 35.5 Å². The van der Waals surface area contributed by atoms with Crippen molar-refractivity contribution < 1.29 is 45.0 Å². The molecule has 2 aromatic rings. The van der Waals surface area contributed by atoms with Gasteiger partial charge in [-0.1, -0.05) is 18.2 Å². The van der Waals surface area contributed by atoms with Gasteiger partial charge in [0.1, 0.15) is 35.3 Å². The minimum atomic E-state index is -5.09. The zero-order chi connectivity index (χ0) is 24.7. The molecule has 0 aromatic heterocycles. The molecule has 0 spiro atoms. The number of nitrogens with zero attached hydrogens (tertiary/aromatic N) is 1. The molecule has 1 N–H and O–H groups in total. The SMILES string of the molecule is O=C1CC(c2ccc(COc3ccc(F)cc3C(F)(F)F)c(OC(F)(F)F)c2)C2=CCN=C2N1. The van der Waals surface area contributed by atoms with E-state index < -0.39 is 47.9 Å². The summed E-state index contributed by atoms with van der Waals surface area (Å²) in [7, 11) is 0. The molecule has 1 amide bonds. The topological polar surface area (TPSA) is 59.9 Å². The fraction of sp³-hybridized carbons (Fsp3) is 0.273. The summed E-state index contributed by atoms with van der Waals surface area (Å²) in [6, 6.07) is 5.44. The molecule has 0 radical (unpaired) electrons. The molecule has 180 valence electrons. The minimum Gasteiger partial charge on any atom is -0.488 e. The Kier molecular flexibility index (Phi) is 6.00. The van der Waals surface area contributed by atoms with Gasteiger partial charge in [0.25, 0.3) is 0 Å². The summed E-state index contributed by atoms with van der Waals surface area (Å²) in [4.78, 5) is 16.1. The van der Waals surface area contributed by atoms with E-state index in [0.717, 1.165) is 18.2 Å². The number of ether oxygens (including phenoxy) is 2. The first-order valence-corrected chi connectivity index (χ1v) is 9.83. The van der Waals surface area contributed by atoms with E-state index in [0.29, 0.717) is 23.5 Å². The lowest BCUT2D eigenvalue weighted by Gasteiger charge is -2.26. The molecule has 2 heterocycles. The Bertz CT molecular complexity index is 1190. The molecule has 1 atom stereocenters. The van der Waals surface area contributed by atoms with Crippen molar-refractivity contribution in [2.75, 3.05) is 6.54 Å². The lowest BCUT2D eigenvalue weighted by Crippen LogP contribution is -2.38. The minimum absolute atomic E-state index is 0.0311. The number of piperidine rings is 1. The lowest BCUT2D eigenvalue weighted by atomic mass is 9.84. The molecule has 2 aromatic carbocycles. The van der Waals surface area contributed by atoms with Crippen molar-refractivity contribution in [3.63, 3.8) is 0 Å². The lowest BCUT2D eigenvalue weighted by molar-refractivity contribution is -0.275. The number of benzene rings is 2. The Balaban J connectivity index is 1.65. The van der Waals surface area contributed by atoms with Gasteiger partial charge >= 0.3 is 12.5 Å². The van der Waals surface area contributed by atoms with Crippen molar-refractivity contribution in [3.8, 4) is 11.5 Å². The third kappa shape index (κ3) is 5.15. The van der Waals surface area contributed by atoms with Gasteiger partial charge in [0.15, 0.2) is 0 Å². The van der Waals surface area contributed by atoms with E-state index >= 15 is 0 Å². The van der Waals surface area contributed by atoms with Gasteiger partial charge in [0.2, 0.25) is 5.91 Å². The van der Waals surface area contributed by atoms with E-state index in [1.807, 2.05) is 0 Å². The molecular formula is C22H15F7N2O3. The second-order valence-electron chi connectivity index (χ2n) is 7.50. The number of alkyl halides is 6. The molecule has 2 aliphatic rings. The maximum atomic E-state index is 13.3. The molecule has 2 aliphatic heterocycles. The molecule has 4 rings (SSSR count). The first-order chi connectivity index (χ1) is 15.9. The molecule has 0 bridgehead atoms. The van der Waals surface area contributed by atoms with Crippen LogP contribution < -0.4 is 14.8 Å². The fourth-order valence-corrected chi connectivity index (χ4v) is 3.75. The highest BCUT2D eigenvalue weighted by Crippen LogP contribution is 2.39. The molecular weight excluding hydrogens is 473 g/mol. The highest BCUT2D eigenvalue weighted by atomic mass is 19.4. The quantitative estimate of drug-likeness (QED) is 0.584. The number of hydrogen-bond acceptors (Lipinski definition) is 4. The molecule has 1 fully saturated rings. The van der Waals surface area contributed by atoms with E-state index in [-0.39, 0.29) is 24.0 Å². The third-order valence-electron chi connectivity index (χ3n) is 5.21. The number of amidine groups is 1. The first kappa shape index (κ1) is 23.6. The van der Waals surface area contributed by atoms with Crippen LogP contribution in [0.4, 0.5) is 30.7 Å². The van der Waals surface area contributed by atoms with Crippen LogP contribution >= 0.6 is 0 Å². The molecule has 1 saturated heterocycles. The van der Waals surface area contributed by atoms with E-state index in [1.165, 1.54) is 12.1 Å². The third-order valence-corrected chi connectivity index (χ3v) is 5.21. The Morgan fingerprint density at radius 2 is 1.79 bits per heavy atom. The van der Waals surface area contributed by atoms with Crippen LogP contribution in [-0.4, -0.2) is 24.6 Å². The zero-order valence-electron chi connectivity index (χ0n) is 17.1. The number of nitrogens with one attached hydrogen (secondary N) is 1. The normalized spacial score (nSPS) is 18.1. The number of amides is 1. The number of halogens is 7. The van der Waals surface area contributed by atoms with Crippen molar-refractivity contribution in [3.05, 3.63) is 70.6 Å². The van der Waals surface area contributed by atoms with Crippen LogP contribution in [0.15, 0.2) is 53.0 Å². The number of rotatable bonds is 5. The van der Waals surface area contributed by atoms with Crippen LogP contribution in [-0.2, 0) is 17.6 Å². The van der Waals surface area contributed by atoms with Crippen molar-refractivity contribution in [2.24, 2.45) is 4.99 Å². The van der Waals surface area contributed by atoms with Crippen LogP contribution in [0, 0.1) is 5.82 Å². The average Bonchev–Trinajstić information content (AvgIpc) is 3.19. The van der Waals surface area contributed by atoms with Crippen LogP contribution in [0.2, 0.25) is 0 Å². The van der Waals surface area contributed by atoms with Crippen molar-refractivity contribution in [1.29, 1.82) is 0 Å². The molecule has 0 saturated carbocycles. The molecule has 5 nitrogen and oxygen atoms in total. The second-order valence-corrected chi connectivity index (χ2v) is 7.50. The Morgan fingerprint density at radius 1 is 1.03 bits per heavy atom. The van der Waals surface area contributed by atoms with Gasteiger partial charge in [-0.25, -0.2) is 4.39 Å². The number of fused-ring (bicyclic) bond motifs is 1.